The van der Waals surface area contributed by atoms with E-state index in [2.05, 4.69) is 40.0 Å². The second-order valence-corrected chi connectivity index (χ2v) is 6.67. The maximum absolute atomic E-state index is 12.2. The van der Waals surface area contributed by atoms with Gasteiger partial charge in [-0.25, -0.2) is 0 Å². The number of aromatic hydroxyl groups is 1. The van der Waals surface area contributed by atoms with Crippen molar-refractivity contribution in [3.8, 4) is 5.75 Å². The predicted octanol–water partition coefficient (Wildman–Crippen LogP) is 2.00. The van der Waals surface area contributed by atoms with Crippen LogP contribution in [0.4, 0.5) is 0 Å². The number of phenols is 1. The molecular formula is C15H21BrN2O3. The number of carbonyl (C=O) groups excluding carboxylic acids is 1. The van der Waals surface area contributed by atoms with Crippen LogP contribution in [0.5, 0.6) is 5.75 Å². The summed E-state index contributed by atoms with van der Waals surface area (Å²) in [5.41, 5.74) is 0.128. The fraction of sp³-hybridized carbons (Fsp3) is 0.533. The van der Waals surface area contributed by atoms with E-state index < -0.39 is 0 Å². The molecule has 1 aromatic rings. The summed E-state index contributed by atoms with van der Waals surface area (Å²) in [4.78, 5) is 14.5. The van der Waals surface area contributed by atoms with Gasteiger partial charge in [0.15, 0.2) is 0 Å². The lowest BCUT2D eigenvalue weighted by molar-refractivity contribution is -0.00923. The molecule has 0 radical (unpaired) electrons. The van der Waals surface area contributed by atoms with Crippen LogP contribution in [0.3, 0.4) is 0 Å². The van der Waals surface area contributed by atoms with Gasteiger partial charge in [-0.05, 0) is 32.0 Å². The van der Waals surface area contributed by atoms with Crippen molar-refractivity contribution in [3.63, 3.8) is 0 Å². The normalized spacial score (nSPS) is 16.7. The number of phenolic OH excluding ortho intramolecular Hbond substituents is 1. The Hall–Kier alpha value is -1.11. The van der Waals surface area contributed by atoms with Gasteiger partial charge in [0.05, 0.1) is 18.8 Å². The van der Waals surface area contributed by atoms with E-state index in [0.717, 1.165) is 30.8 Å². The molecule has 2 N–H and O–H groups in total. The minimum atomic E-state index is -0.268. The van der Waals surface area contributed by atoms with Gasteiger partial charge in [-0.1, -0.05) is 15.9 Å². The van der Waals surface area contributed by atoms with Gasteiger partial charge in [0.2, 0.25) is 0 Å². The van der Waals surface area contributed by atoms with E-state index in [1.165, 1.54) is 6.07 Å². The number of hydrogen-bond donors (Lipinski definition) is 2. The van der Waals surface area contributed by atoms with E-state index in [1.54, 1.807) is 12.1 Å². The zero-order valence-electron chi connectivity index (χ0n) is 12.4. The van der Waals surface area contributed by atoms with Gasteiger partial charge in [0.1, 0.15) is 5.75 Å². The van der Waals surface area contributed by atoms with Crippen molar-refractivity contribution in [3.05, 3.63) is 28.2 Å². The molecule has 1 aliphatic heterocycles. The standard InChI is InChI=1S/C15H21BrN2O3/c1-15(2,18-5-7-21-8-6-18)10-17-14(20)12-9-11(16)3-4-13(12)19/h3-4,9,19H,5-8,10H2,1-2H3,(H,17,20). The van der Waals surface area contributed by atoms with Crippen LogP contribution in [-0.4, -0.2) is 54.3 Å². The van der Waals surface area contributed by atoms with E-state index in [-0.39, 0.29) is 22.8 Å². The molecule has 0 aliphatic carbocycles. The van der Waals surface area contributed by atoms with Gasteiger partial charge in [-0.3, -0.25) is 9.69 Å². The average molecular weight is 357 g/mol. The van der Waals surface area contributed by atoms with Crippen LogP contribution < -0.4 is 5.32 Å². The second-order valence-electron chi connectivity index (χ2n) is 5.76. The van der Waals surface area contributed by atoms with Crippen molar-refractivity contribution in [2.45, 2.75) is 19.4 Å². The van der Waals surface area contributed by atoms with Crippen LogP contribution >= 0.6 is 15.9 Å². The third-order valence-electron chi connectivity index (χ3n) is 3.75. The minimum absolute atomic E-state index is 0.0140. The summed E-state index contributed by atoms with van der Waals surface area (Å²) >= 11 is 3.30. The van der Waals surface area contributed by atoms with Crippen molar-refractivity contribution < 1.29 is 14.6 Å². The maximum atomic E-state index is 12.2. The van der Waals surface area contributed by atoms with Crippen LogP contribution in [0.2, 0.25) is 0 Å². The molecule has 1 fully saturated rings. The van der Waals surface area contributed by atoms with Crippen LogP contribution in [-0.2, 0) is 4.74 Å². The molecule has 0 bridgehead atoms. The van der Waals surface area contributed by atoms with E-state index >= 15 is 0 Å². The number of rotatable bonds is 4. The molecular weight excluding hydrogens is 336 g/mol. The molecule has 2 rings (SSSR count). The Morgan fingerprint density at radius 3 is 2.76 bits per heavy atom. The molecule has 0 saturated carbocycles. The Labute approximate surface area is 133 Å². The first-order valence-electron chi connectivity index (χ1n) is 7.00. The van der Waals surface area contributed by atoms with Gasteiger partial charge >= 0.3 is 0 Å². The number of amides is 1. The van der Waals surface area contributed by atoms with Crippen molar-refractivity contribution in [2.24, 2.45) is 0 Å². The number of nitrogens with zero attached hydrogens (tertiary/aromatic N) is 1. The topological polar surface area (TPSA) is 61.8 Å². The lowest BCUT2D eigenvalue weighted by atomic mass is 10.0. The highest BCUT2D eigenvalue weighted by Gasteiger charge is 2.28. The Morgan fingerprint density at radius 1 is 1.43 bits per heavy atom. The summed E-state index contributed by atoms with van der Waals surface area (Å²) in [6, 6.07) is 4.82. The summed E-state index contributed by atoms with van der Waals surface area (Å²) in [7, 11) is 0. The molecule has 0 aromatic heterocycles. The fourth-order valence-electron chi connectivity index (χ4n) is 2.36. The Balaban J connectivity index is 1.98. The minimum Gasteiger partial charge on any atom is -0.507 e. The van der Waals surface area contributed by atoms with Crippen molar-refractivity contribution in [1.82, 2.24) is 10.2 Å². The average Bonchev–Trinajstić information content (AvgIpc) is 2.48. The van der Waals surface area contributed by atoms with Gasteiger partial charge in [0.25, 0.3) is 5.91 Å². The molecule has 0 atom stereocenters. The molecule has 6 heteroatoms. The quantitative estimate of drug-likeness (QED) is 0.865. The maximum Gasteiger partial charge on any atom is 0.255 e. The summed E-state index contributed by atoms with van der Waals surface area (Å²) in [6.45, 7) is 7.89. The van der Waals surface area contributed by atoms with E-state index in [0.29, 0.717) is 6.54 Å². The van der Waals surface area contributed by atoms with Crippen LogP contribution in [0.15, 0.2) is 22.7 Å². The number of benzene rings is 1. The third-order valence-corrected chi connectivity index (χ3v) is 4.25. The Morgan fingerprint density at radius 2 is 2.10 bits per heavy atom. The van der Waals surface area contributed by atoms with Crippen LogP contribution in [0.25, 0.3) is 0 Å². The molecule has 5 nitrogen and oxygen atoms in total. The van der Waals surface area contributed by atoms with Crippen molar-refractivity contribution in [1.29, 1.82) is 0 Å². The molecule has 1 saturated heterocycles. The fourth-order valence-corrected chi connectivity index (χ4v) is 2.72. The number of nitrogens with one attached hydrogen (secondary N) is 1. The smallest absolute Gasteiger partial charge is 0.255 e. The SMILES string of the molecule is CC(C)(CNC(=O)c1cc(Br)ccc1O)N1CCOCC1. The third kappa shape index (κ3) is 4.18. The van der Waals surface area contributed by atoms with Crippen molar-refractivity contribution >= 4 is 21.8 Å². The Bertz CT molecular complexity index is 514. The summed E-state index contributed by atoms with van der Waals surface area (Å²) in [5, 5.41) is 12.7. The first-order chi connectivity index (χ1) is 9.90. The van der Waals surface area contributed by atoms with Crippen LogP contribution in [0.1, 0.15) is 24.2 Å². The highest BCUT2D eigenvalue weighted by Crippen LogP contribution is 2.22. The van der Waals surface area contributed by atoms with Gasteiger partial charge in [-0.15, -0.1) is 0 Å². The Kier molecular flexibility index (Phi) is 5.24. The first-order valence-corrected chi connectivity index (χ1v) is 7.79. The summed E-state index contributed by atoms with van der Waals surface area (Å²) < 4.78 is 6.11. The number of hydrogen-bond acceptors (Lipinski definition) is 4. The lowest BCUT2D eigenvalue weighted by Gasteiger charge is -2.40. The molecule has 1 heterocycles. The van der Waals surface area contributed by atoms with E-state index in [1.807, 2.05) is 0 Å². The molecule has 116 valence electrons. The van der Waals surface area contributed by atoms with E-state index in [4.69, 9.17) is 4.74 Å². The molecule has 21 heavy (non-hydrogen) atoms. The van der Waals surface area contributed by atoms with E-state index in [9.17, 15) is 9.90 Å². The van der Waals surface area contributed by atoms with Crippen molar-refractivity contribution in [2.75, 3.05) is 32.8 Å². The molecule has 1 amide bonds. The molecule has 0 unspecified atom stereocenters. The van der Waals surface area contributed by atoms with Crippen LogP contribution in [0, 0.1) is 0 Å². The molecule has 1 aromatic carbocycles. The summed E-state index contributed by atoms with van der Waals surface area (Å²) in [5.74, 6) is -0.282. The highest BCUT2D eigenvalue weighted by atomic mass is 79.9. The lowest BCUT2D eigenvalue weighted by Crippen LogP contribution is -2.55. The monoisotopic (exact) mass is 356 g/mol. The highest BCUT2D eigenvalue weighted by molar-refractivity contribution is 9.10. The van der Waals surface area contributed by atoms with Gasteiger partial charge < -0.3 is 15.2 Å². The second kappa shape index (κ2) is 6.77. The zero-order chi connectivity index (χ0) is 15.5. The molecule has 0 spiro atoms. The van der Waals surface area contributed by atoms with Gasteiger partial charge in [-0.2, -0.15) is 0 Å². The van der Waals surface area contributed by atoms with Gasteiger partial charge in [0, 0.05) is 29.6 Å². The molecule has 1 aliphatic rings. The number of halogens is 1. The number of morpholine rings is 1. The zero-order valence-corrected chi connectivity index (χ0v) is 13.9. The largest absolute Gasteiger partial charge is 0.507 e. The first kappa shape index (κ1) is 16.3. The predicted molar refractivity (Wildman–Crippen MR) is 84.6 cm³/mol. The number of carbonyl (C=O) groups is 1. The summed E-state index contributed by atoms with van der Waals surface area (Å²) in [6.07, 6.45) is 0. The number of ether oxygens (including phenoxy) is 1.